The van der Waals surface area contributed by atoms with Gasteiger partial charge in [-0.05, 0) is 19.1 Å². The Kier molecular flexibility index (Phi) is 3.28. The molecule has 2 N–H and O–H groups in total. The fourth-order valence-corrected chi connectivity index (χ4v) is 0.953. The molecule has 1 aromatic rings. The summed E-state index contributed by atoms with van der Waals surface area (Å²) in [7, 11) is 1.48. The van der Waals surface area contributed by atoms with Crippen molar-refractivity contribution in [1.29, 1.82) is 0 Å². The Balaban J connectivity index is 2.91. The summed E-state index contributed by atoms with van der Waals surface area (Å²) in [6.07, 6.45) is 0. The summed E-state index contributed by atoms with van der Waals surface area (Å²) in [5, 5.41) is 0. The van der Waals surface area contributed by atoms with Gasteiger partial charge in [0, 0.05) is 0 Å². The molecule has 0 bridgehead atoms. The van der Waals surface area contributed by atoms with E-state index >= 15 is 0 Å². The molecule has 76 valence electrons. The molecule has 0 saturated carbocycles. The van der Waals surface area contributed by atoms with Crippen LogP contribution in [0.5, 0.6) is 5.75 Å². The zero-order chi connectivity index (χ0) is 10.6. The van der Waals surface area contributed by atoms with Crippen molar-refractivity contribution in [1.82, 2.24) is 4.98 Å². The highest BCUT2D eigenvalue weighted by molar-refractivity contribution is 5.87. The second-order valence-corrected chi connectivity index (χ2v) is 2.50. The van der Waals surface area contributed by atoms with Gasteiger partial charge >= 0.3 is 5.97 Å². The molecule has 0 amide bonds. The molecule has 1 aromatic heterocycles. The number of nitrogen functional groups attached to an aromatic ring is 1. The zero-order valence-corrected chi connectivity index (χ0v) is 8.11. The number of hydrogen-bond acceptors (Lipinski definition) is 5. The maximum Gasteiger partial charge on any atom is 0.357 e. The molecule has 5 heteroatoms. The Morgan fingerprint density at radius 3 is 2.79 bits per heavy atom. The second-order valence-electron chi connectivity index (χ2n) is 2.50. The highest BCUT2D eigenvalue weighted by Gasteiger charge is 2.10. The number of aromatic nitrogens is 1. The number of anilines is 1. The molecule has 0 spiro atoms. The van der Waals surface area contributed by atoms with Crippen molar-refractivity contribution < 1.29 is 14.3 Å². The Bertz CT molecular complexity index is 339. The fourth-order valence-electron chi connectivity index (χ4n) is 0.953. The maximum absolute atomic E-state index is 11.2. The van der Waals surface area contributed by atoms with Crippen LogP contribution in [0.4, 0.5) is 5.82 Å². The molecular formula is C9H12N2O3. The molecule has 0 radical (unpaired) electrons. The number of nitrogens with zero attached hydrogens (tertiary/aromatic N) is 1. The van der Waals surface area contributed by atoms with Gasteiger partial charge in [0.25, 0.3) is 0 Å². The summed E-state index contributed by atoms with van der Waals surface area (Å²) >= 11 is 0. The first kappa shape index (κ1) is 10.3. The van der Waals surface area contributed by atoms with E-state index in [1.54, 1.807) is 13.0 Å². The number of carbonyl (C=O) groups excluding carboxylic acids is 1. The van der Waals surface area contributed by atoms with E-state index in [2.05, 4.69) is 4.98 Å². The molecule has 0 atom stereocenters. The van der Waals surface area contributed by atoms with E-state index in [9.17, 15) is 4.79 Å². The molecule has 0 aliphatic carbocycles. The maximum atomic E-state index is 11.2. The molecule has 0 fully saturated rings. The first-order valence-electron chi connectivity index (χ1n) is 4.16. The van der Waals surface area contributed by atoms with E-state index in [4.69, 9.17) is 15.2 Å². The lowest BCUT2D eigenvalue weighted by molar-refractivity contribution is 0.0519. The third kappa shape index (κ3) is 2.12. The Labute approximate surface area is 81.8 Å². The number of ether oxygens (including phenoxy) is 2. The predicted octanol–water partition coefficient (Wildman–Crippen LogP) is 0.849. The normalized spacial score (nSPS) is 9.57. The predicted molar refractivity (Wildman–Crippen MR) is 51.2 cm³/mol. The number of hydrogen-bond donors (Lipinski definition) is 1. The summed E-state index contributed by atoms with van der Waals surface area (Å²) in [6, 6.07) is 3.09. The van der Waals surface area contributed by atoms with Crippen LogP contribution in [0.1, 0.15) is 17.4 Å². The van der Waals surface area contributed by atoms with Crippen LogP contribution in [0, 0.1) is 0 Å². The fraction of sp³-hybridized carbons (Fsp3) is 0.333. The van der Waals surface area contributed by atoms with Gasteiger partial charge in [-0.2, -0.15) is 0 Å². The van der Waals surface area contributed by atoms with Crippen LogP contribution in [0.2, 0.25) is 0 Å². The highest BCUT2D eigenvalue weighted by Crippen LogP contribution is 2.18. The van der Waals surface area contributed by atoms with Crippen molar-refractivity contribution in [2.75, 3.05) is 19.5 Å². The van der Waals surface area contributed by atoms with Crippen LogP contribution in [0.3, 0.4) is 0 Å². The van der Waals surface area contributed by atoms with Gasteiger partial charge in [-0.1, -0.05) is 0 Å². The van der Waals surface area contributed by atoms with E-state index < -0.39 is 5.97 Å². The molecule has 0 saturated heterocycles. The van der Waals surface area contributed by atoms with Crippen LogP contribution in [0.15, 0.2) is 12.1 Å². The number of pyridine rings is 1. The smallest absolute Gasteiger partial charge is 0.357 e. The van der Waals surface area contributed by atoms with E-state index in [0.29, 0.717) is 12.4 Å². The van der Waals surface area contributed by atoms with Crippen LogP contribution >= 0.6 is 0 Å². The minimum Gasteiger partial charge on any atom is -0.493 e. The summed E-state index contributed by atoms with van der Waals surface area (Å²) in [4.78, 5) is 15.1. The SMILES string of the molecule is CCOC(=O)c1ccc(OC)c(N)n1. The van der Waals surface area contributed by atoms with E-state index in [1.165, 1.54) is 13.2 Å². The van der Waals surface area contributed by atoms with Crippen molar-refractivity contribution in [2.45, 2.75) is 6.92 Å². The lowest BCUT2D eigenvalue weighted by Gasteiger charge is -2.05. The average molecular weight is 196 g/mol. The number of rotatable bonds is 3. The van der Waals surface area contributed by atoms with Gasteiger partial charge < -0.3 is 15.2 Å². The molecular weight excluding hydrogens is 184 g/mol. The lowest BCUT2D eigenvalue weighted by Crippen LogP contribution is -2.08. The van der Waals surface area contributed by atoms with E-state index in [-0.39, 0.29) is 11.5 Å². The van der Waals surface area contributed by atoms with Crippen molar-refractivity contribution >= 4 is 11.8 Å². The van der Waals surface area contributed by atoms with Gasteiger partial charge in [0.05, 0.1) is 13.7 Å². The summed E-state index contributed by atoms with van der Waals surface area (Å²) in [6.45, 7) is 2.04. The number of nitrogens with two attached hydrogens (primary N) is 1. The first-order valence-corrected chi connectivity index (χ1v) is 4.16. The third-order valence-corrected chi connectivity index (χ3v) is 1.59. The summed E-state index contributed by atoms with van der Waals surface area (Å²) < 4.78 is 9.66. The molecule has 0 aromatic carbocycles. The average Bonchev–Trinajstić information content (AvgIpc) is 2.18. The highest BCUT2D eigenvalue weighted by atomic mass is 16.5. The largest absolute Gasteiger partial charge is 0.493 e. The molecule has 0 aliphatic heterocycles. The van der Waals surface area contributed by atoms with Crippen molar-refractivity contribution in [3.63, 3.8) is 0 Å². The van der Waals surface area contributed by atoms with Crippen LogP contribution in [-0.4, -0.2) is 24.7 Å². The molecule has 1 heterocycles. The monoisotopic (exact) mass is 196 g/mol. The summed E-state index contributed by atoms with van der Waals surface area (Å²) in [5.41, 5.74) is 5.71. The third-order valence-electron chi connectivity index (χ3n) is 1.59. The van der Waals surface area contributed by atoms with Gasteiger partial charge in [-0.3, -0.25) is 0 Å². The van der Waals surface area contributed by atoms with Crippen LogP contribution < -0.4 is 10.5 Å². The zero-order valence-electron chi connectivity index (χ0n) is 8.11. The number of esters is 1. The van der Waals surface area contributed by atoms with E-state index in [1.807, 2.05) is 0 Å². The van der Waals surface area contributed by atoms with Crippen LogP contribution in [-0.2, 0) is 4.74 Å². The lowest BCUT2D eigenvalue weighted by atomic mass is 10.3. The Morgan fingerprint density at radius 2 is 2.29 bits per heavy atom. The van der Waals surface area contributed by atoms with Crippen molar-refractivity contribution in [3.8, 4) is 5.75 Å². The second kappa shape index (κ2) is 4.45. The van der Waals surface area contributed by atoms with Crippen molar-refractivity contribution in [2.24, 2.45) is 0 Å². The Hall–Kier alpha value is -1.78. The van der Waals surface area contributed by atoms with Gasteiger partial charge in [0.2, 0.25) is 0 Å². The van der Waals surface area contributed by atoms with Gasteiger partial charge in [-0.25, -0.2) is 9.78 Å². The summed E-state index contributed by atoms with van der Waals surface area (Å²) in [5.74, 6) is 0.137. The molecule has 14 heavy (non-hydrogen) atoms. The molecule has 0 aliphatic rings. The quantitative estimate of drug-likeness (QED) is 0.725. The van der Waals surface area contributed by atoms with Crippen molar-refractivity contribution in [3.05, 3.63) is 17.8 Å². The minimum atomic E-state index is -0.484. The number of carbonyl (C=O) groups is 1. The van der Waals surface area contributed by atoms with Gasteiger partial charge in [0.15, 0.2) is 17.3 Å². The Morgan fingerprint density at radius 1 is 1.57 bits per heavy atom. The molecule has 1 rings (SSSR count). The minimum absolute atomic E-state index is 0.179. The van der Waals surface area contributed by atoms with E-state index in [0.717, 1.165) is 0 Å². The standard InChI is InChI=1S/C9H12N2O3/c1-3-14-9(12)6-4-5-7(13-2)8(10)11-6/h4-5H,3H2,1-2H3,(H2,10,11). The van der Waals surface area contributed by atoms with Gasteiger partial charge in [0.1, 0.15) is 0 Å². The van der Waals surface area contributed by atoms with Crippen LogP contribution in [0.25, 0.3) is 0 Å². The number of methoxy groups -OCH3 is 1. The topological polar surface area (TPSA) is 74.4 Å². The first-order chi connectivity index (χ1) is 6.69. The van der Waals surface area contributed by atoms with Gasteiger partial charge in [-0.15, -0.1) is 0 Å². The molecule has 0 unspecified atom stereocenters. The molecule has 5 nitrogen and oxygen atoms in total.